The number of carbonyl (C=O) groups is 5. The maximum Gasteiger partial charge on any atom is 0.303 e. The molecule has 2 N–H and O–H groups in total. The molecule has 1 fully saturated rings. The van der Waals surface area contributed by atoms with Gasteiger partial charge in [0.25, 0.3) is 11.8 Å². The predicted octanol–water partition coefficient (Wildman–Crippen LogP) is 1.04. The van der Waals surface area contributed by atoms with Crippen LogP contribution in [0.4, 0.5) is 0 Å². The molecule has 2 aliphatic rings. The van der Waals surface area contributed by atoms with Gasteiger partial charge in [-0.25, -0.2) is 0 Å². The van der Waals surface area contributed by atoms with Crippen LogP contribution >= 0.6 is 11.8 Å². The minimum absolute atomic E-state index is 0.0251. The first-order chi connectivity index (χ1) is 12.4. The summed E-state index contributed by atoms with van der Waals surface area (Å²) >= 11 is 1.31. The molecular weight excluding hydrogens is 360 g/mol. The fourth-order valence-electron chi connectivity index (χ4n) is 3.01. The molecule has 0 radical (unpaired) electrons. The highest BCUT2D eigenvalue weighted by atomic mass is 32.2. The average Bonchev–Trinajstić information content (AvgIpc) is 2.84. The SMILES string of the molecule is O=C(O)CCCSc1cccc2c1C(=O)N(C1CCC(=O)NC1=O)C2=O. The molecule has 1 atom stereocenters. The Morgan fingerprint density at radius 1 is 1.23 bits per heavy atom. The third-order valence-electron chi connectivity index (χ3n) is 4.22. The van der Waals surface area contributed by atoms with Gasteiger partial charge < -0.3 is 5.11 Å². The highest BCUT2D eigenvalue weighted by Crippen LogP contribution is 2.34. The highest BCUT2D eigenvalue weighted by molar-refractivity contribution is 7.99. The molecule has 1 aromatic carbocycles. The van der Waals surface area contributed by atoms with Gasteiger partial charge in [-0.05, 0) is 30.7 Å². The molecule has 1 aromatic rings. The van der Waals surface area contributed by atoms with Crippen molar-refractivity contribution < 1.29 is 29.1 Å². The molecule has 0 aromatic heterocycles. The van der Waals surface area contributed by atoms with E-state index in [-0.39, 0.29) is 30.4 Å². The number of thioether (sulfide) groups is 1. The van der Waals surface area contributed by atoms with Gasteiger partial charge in [-0.15, -0.1) is 11.8 Å². The third-order valence-corrected chi connectivity index (χ3v) is 5.37. The number of rotatable bonds is 6. The molecule has 2 aliphatic heterocycles. The fourth-order valence-corrected chi connectivity index (χ4v) is 4.03. The Bertz CT molecular complexity index is 821. The maximum atomic E-state index is 12.8. The molecule has 1 unspecified atom stereocenters. The first-order valence-electron chi connectivity index (χ1n) is 8.09. The first kappa shape index (κ1) is 18.1. The zero-order valence-corrected chi connectivity index (χ0v) is 14.5. The summed E-state index contributed by atoms with van der Waals surface area (Å²) in [6, 6.07) is 3.88. The lowest BCUT2D eigenvalue weighted by molar-refractivity contribution is -0.137. The topological polar surface area (TPSA) is 121 Å². The van der Waals surface area contributed by atoms with Gasteiger partial charge in [0.1, 0.15) is 6.04 Å². The van der Waals surface area contributed by atoms with E-state index in [1.807, 2.05) is 0 Å². The molecule has 0 saturated carbocycles. The molecule has 3 rings (SSSR count). The maximum absolute atomic E-state index is 12.8. The average molecular weight is 376 g/mol. The molecule has 0 aliphatic carbocycles. The Hall–Kier alpha value is -2.68. The van der Waals surface area contributed by atoms with Crippen molar-refractivity contribution in [2.45, 2.75) is 36.6 Å². The monoisotopic (exact) mass is 376 g/mol. The number of hydrogen-bond donors (Lipinski definition) is 2. The Balaban J connectivity index is 1.81. The van der Waals surface area contributed by atoms with Crippen molar-refractivity contribution in [2.75, 3.05) is 5.75 Å². The Kier molecular flexibility index (Phi) is 5.08. The number of carboxylic acid groups (broad SMARTS) is 1. The number of carbonyl (C=O) groups excluding carboxylic acids is 4. The van der Waals surface area contributed by atoms with E-state index in [0.717, 1.165) is 4.90 Å². The van der Waals surface area contributed by atoms with Crippen LogP contribution in [0.5, 0.6) is 0 Å². The van der Waals surface area contributed by atoms with Gasteiger partial charge in [-0.1, -0.05) is 6.07 Å². The molecule has 9 heteroatoms. The van der Waals surface area contributed by atoms with Crippen LogP contribution in [-0.4, -0.2) is 51.4 Å². The van der Waals surface area contributed by atoms with Gasteiger partial charge in [0.15, 0.2) is 0 Å². The van der Waals surface area contributed by atoms with E-state index in [1.165, 1.54) is 17.8 Å². The molecule has 4 amide bonds. The van der Waals surface area contributed by atoms with Crippen molar-refractivity contribution in [3.63, 3.8) is 0 Å². The van der Waals surface area contributed by atoms with Crippen molar-refractivity contribution in [3.8, 4) is 0 Å². The van der Waals surface area contributed by atoms with Crippen LogP contribution in [0, 0.1) is 0 Å². The van der Waals surface area contributed by atoms with Crippen LogP contribution in [0.25, 0.3) is 0 Å². The number of nitrogens with zero attached hydrogens (tertiary/aromatic N) is 1. The van der Waals surface area contributed by atoms with Gasteiger partial charge in [-0.2, -0.15) is 0 Å². The molecule has 8 nitrogen and oxygen atoms in total. The zero-order chi connectivity index (χ0) is 18.8. The highest BCUT2D eigenvalue weighted by Gasteiger charge is 2.45. The van der Waals surface area contributed by atoms with Gasteiger partial charge in [0.05, 0.1) is 11.1 Å². The van der Waals surface area contributed by atoms with Crippen LogP contribution in [0.3, 0.4) is 0 Å². The first-order valence-corrected chi connectivity index (χ1v) is 9.08. The molecule has 26 heavy (non-hydrogen) atoms. The molecule has 0 spiro atoms. The van der Waals surface area contributed by atoms with Crippen molar-refractivity contribution in [1.29, 1.82) is 0 Å². The lowest BCUT2D eigenvalue weighted by Crippen LogP contribution is -2.54. The van der Waals surface area contributed by atoms with Crippen molar-refractivity contribution in [3.05, 3.63) is 29.3 Å². The van der Waals surface area contributed by atoms with E-state index < -0.39 is 35.6 Å². The van der Waals surface area contributed by atoms with Crippen LogP contribution in [0.15, 0.2) is 23.1 Å². The predicted molar refractivity (Wildman–Crippen MR) is 90.7 cm³/mol. The molecule has 0 bridgehead atoms. The van der Waals surface area contributed by atoms with E-state index in [2.05, 4.69) is 5.32 Å². The lowest BCUT2D eigenvalue weighted by atomic mass is 10.0. The molecule has 1 saturated heterocycles. The smallest absolute Gasteiger partial charge is 0.303 e. The summed E-state index contributed by atoms with van der Waals surface area (Å²) in [5.41, 5.74) is 0.463. The van der Waals surface area contributed by atoms with Crippen LogP contribution in [0.2, 0.25) is 0 Å². The Labute approximate surface area is 152 Å². The number of benzene rings is 1. The summed E-state index contributed by atoms with van der Waals surface area (Å²) in [6.07, 6.45) is 0.637. The van der Waals surface area contributed by atoms with E-state index >= 15 is 0 Å². The van der Waals surface area contributed by atoms with Gasteiger partial charge in [0, 0.05) is 17.7 Å². The number of amides is 4. The summed E-state index contributed by atoms with van der Waals surface area (Å²) in [6.45, 7) is 0. The number of piperidine rings is 1. The summed E-state index contributed by atoms with van der Waals surface area (Å²) in [5, 5.41) is 10.8. The van der Waals surface area contributed by atoms with Crippen LogP contribution in [0.1, 0.15) is 46.4 Å². The summed E-state index contributed by atoms with van der Waals surface area (Å²) in [4.78, 5) is 60.9. The third kappa shape index (κ3) is 3.34. The van der Waals surface area contributed by atoms with Gasteiger partial charge >= 0.3 is 5.97 Å². The zero-order valence-electron chi connectivity index (χ0n) is 13.7. The number of hydrogen-bond acceptors (Lipinski definition) is 6. The fraction of sp³-hybridized carbons (Fsp3) is 0.353. The van der Waals surface area contributed by atoms with E-state index in [0.29, 0.717) is 17.1 Å². The number of fused-ring (bicyclic) bond motifs is 1. The normalized spacial score (nSPS) is 19.5. The minimum atomic E-state index is -0.995. The number of nitrogens with one attached hydrogen (secondary N) is 1. The second-order valence-electron chi connectivity index (χ2n) is 5.97. The van der Waals surface area contributed by atoms with E-state index in [1.54, 1.807) is 12.1 Å². The summed E-state index contributed by atoms with van der Waals surface area (Å²) in [7, 11) is 0. The number of aliphatic carboxylic acids is 1. The molecular formula is C17H16N2O6S. The second-order valence-corrected chi connectivity index (χ2v) is 7.11. The number of imide groups is 2. The van der Waals surface area contributed by atoms with Crippen LogP contribution < -0.4 is 5.32 Å². The molecule has 136 valence electrons. The van der Waals surface area contributed by atoms with Crippen LogP contribution in [-0.2, 0) is 14.4 Å². The van der Waals surface area contributed by atoms with E-state index in [9.17, 15) is 24.0 Å². The Morgan fingerprint density at radius 3 is 2.69 bits per heavy atom. The lowest BCUT2D eigenvalue weighted by Gasteiger charge is -2.27. The summed E-state index contributed by atoms with van der Waals surface area (Å²) < 4.78 is 0. The second kappa shape index (κ2) is 7.28. The Morgan fingerprint density at radius 2 is 2.00 bits per heavy atom. The van der Waals surface area contributed by atoms with Gasteiger partial charge in [-0.3, -0.25) is 34.2 Å². The number of carboxylic acids is 1. The molecule has 2 heterocycles. The van der Waals surface area contributed by atoms with Crippen molar-refractivity contribution in [2.24, 2.45) is 0 Å². The quantitative estimate of drug-likeness (QED) is 0.432. The minimum Gasteiger partial charge on any atom is -0.481 e. The van der Waals surface area contributed by atoms with Gasteiger partial charge in [0.2, 0.25) is 11.8 Å². The van der Waals surface area contributed by atoms with Crippen molar-refractivity contribution >= 4 is 41.4 Å². The standard InChI is InChI=1S/C17H16N2O6S/c20-12-7-6-10(15(23)18-12)19-16(24)9-3-1-4-11(14(9)17(19)25)26-8-2-5-13(21)22/h1,3-4,10H,2,5-8H2,(H,21,22)(H,18,20,23). The largest absolute Gasteiger partial charge is 0.481 e. The summed E-state index contributed by atoms with van der Waals surface area (Å²) in [5.74, 6) is -2.57. The van der Waals surface area contributed by atoms with Crippen molar-refractivity contribution in [1.82, 2.24) is 10.2 Å². The van der Waals surface area contributed by atoms with E-state index in [4.69, 9.17) is 5.11 Å².